The highest BCUT2D eigenvalue weighted by Crippen LogP contribution is 2.30. The Morgan fingerprint density at radius 1 is 1.16 bits per heavy atom. The van der Waals surface area contributed by atoms with Crippen molar-refractivity contribution in [1.82, 2.24) is 10.1 Å². The molecule has 0 bridgehead atoms. The number of methoxy groups -OCH3 is 1. The SMILES string of the molecule is CCOc1ccc(/C=C(\Cl)c2nc(-c3ccccc3)no2)cc1OC. The molecule has 0 amide bonds. The van der Waals surface area contributed by atoms with Crippen molar-refractivity contribution in [3.8, 4) is 22.9 Å². The molecule has 5 nitrogen and oxygen atoms in total. The van der Waals surface area contributed by atoms with Gasteiger partial charge in [0.05, 0.1) is 13.7 Å². The fourth-order valence-corrected chi connectivity index (χ4v) is 2.48. The van der Waals surface area contributed by atoms with Gasteiger partial charge in [-0.1, -0.05) is 53.2 Å². The number of ether oxygens (including phenoxy) is 2. The molecule has 3 aromatic rings. The molecule has 3 rings (SSSR count). The summed E-state index contributed by atoms with van der Waals surface area (Å²) < 4.78 is 16.1. The highest BCUT2D eigenvalue weighted by atomic mass is 35.5. The van der Waals surface area contributed by atoms with Gasteiger partial charge in [0.25, 0.3) is 5.89 Å². The van der Waals surface area contributed by atoms with Gasteiger partial charge in [-0.05, 0) is 30.7 Å². The van der Waals surface area contributed by atoms with Crippen LogP contribution in [0.1, 0.15) is 18.4 Å². The van der Waals surface area contributed by atoms with Crippen LogP contribution < -0.4 is 9.47 Å². The van der Waals surface area contributed by atoms with Crippen molar-refractivity contribution >= 4 is 22.7 Å². The van der Waals surface area contributed by atoms with Gasteiger partial charge in [0.1, 0.15) is 5.03 Å². The van der Waals surface area contributed by atoms with Crippen LogP contribution in [0.25, 0.3) is 22.5 Å². The minimum absolute atomic E-state index is 0.258. The molecule has 0 aliphatic heterocycles. The van der Waals surface area contributed by atoms with E-state index < -0.39 is 0 Å². The van der Waals surface area contributed by atoms with Crippen molar-refractivity contribution in [1.29, 1.82) is 0 Å². The molecule has 0 spiro atoms. The van der Waals surface area contributed by atoms with E-state index in [0.29, 0.717) is 29.0 Å². The summed E-state index contributed by atoms with van der Waals surface area (Å²) in [5.41, 5.74) is 1.70. The van der Waals surface area contributed by atoms with E-state index in [1.165, 1.54) is 0 Å². The number of hydrogen-bond acceptors (Lipinski definition) is 5. The summed E-state index contributed by atoms with van der Waals surface area (Å²) in [6, 6.07) is 15.1. The number of aromatic nitrogens is 2. The van der Waals surface area contributed by atoms with Gasteiger partial charge < -0.3 is 14.0 Å². The van der Waals surface area contributed by atoms with Crippen LogP contribution >= 0.6 is 11.6 Å². The molecule has 0 saturated heterocycles. The Bertz CT molecular complexity index is 875. The third-order valence-corrected chi connectivity index (χ3v) is 3.71. The molecular formula is C19H17ClN2O3. The Hall–Kier alpha value is -2.79. The standard InChI is InChI=1S/C19H17ClN2O3/c1-3-24-16-10-9-13(12-17(16)23-2)11-15(20)19-21-18(22-25-19)14-7-5-4-6-8-14/h4-12H,3H2,1-2H3/b15-11-. The Balaban J connectivity index is 1.85. The number of benzene rings is 2. The van der Waals surface area contributed by atoms with Gasteiger partial charge in [0, 0.05) is 5.56 Å². The lowest BCUT2D eigenvalue weighted by molar-refractivity contribution is 0.311. The summed E-state index contributed by atoms with van der Waals surface area (Å²) in [6.07, 6.45) is 1.74. The molecule has 0 radical (unpaired) electrons. The molecule has 2 aromatic carbocycles. The van der Waals surface area contributed by atoms with Crippen LogP contribution in [0.2, 0.25) is 0 Å². The summed E-state index contributed by atoms with van der Waals surface area (Å²) in [4.78, 5) is 4.33. The topological polar surface area (TPSA) is 57.4 Å². The van der Waals surface area contributed by atoms with Gasteiger partial charge in [-0.3, -0.25) is 0 Å². The summed E-state index contributed by atoms with van der Waals surface area (Å²) in [7, 11) is 1.59. The van der Waals surface area contributed by atoms with E-state index in [4.69, 9.17) is 25.6 Å². The van der Waals surface area contributed by atoms with Gasteiger partial charge in [-0.15, -0.1) is 0 Å². The molecule has 6 heteroatoms. The Morgan fingerprint density at radius 3 is 2.68 bits per heavy atom. The Morgan fingerprint density at radius 2 is 1.96 bits per heavy atom. The largest absolute Gasteiger partial charge is 0.493 e. The molecule has 0 aliphatic carbocycles. The van der Waals surface area contributed by atoms with Crippen LogP contribution in [0, 0.1) is 0 Å². The molecule has 0 N–H and O–H groups in total. The molecule has 25 heavy (non-hydrogen) atoms. The number of rotatable bonds is 6. The second kappa shape index (κ2) is 7.85. The predicted molar refractivity (Wildman–Crippen MR) is 97.6 cm³/mol. The molecule has 0 atom stereocenters. The quantitative estimate of drug-likeness (QED) is 0.630. The third-order valence-electron chi connectivity index (χ3n) is 3.44. The van der Waals surface area contributed by atoms with Crippen LogP contribution in [0.4, 0.5) is 0 Å². The molecular weight excluding hydrogens is 340 g/mol. The molecule has 1 heterocycles. The van der Waals surface area contributed by atoms with Gasteiger partial charge in [0.2, 0.25) is 5.82 Å². The summed E-state index contributed by atoms with van der Waals surface area (Å²) in [6.45, 7) is 2.49. The van der Waals surface area contributed by atoms with Gasteiger partial charge in [-0.25, -0.2) is 0 Å². The van der Waals surface area contributed by atoms with E-state index in [1.807, 2.05) is 55.5 Å². The highest BCUT2D eigenvalue weighted by molar-refractivity contribution is 6.50. The lowest BCUT2D eigenvalue weighted by Crippen LogP contribution is -1.95. The molecule has 0 unspecified atom stereocenters. The third kappa shape index (κ3) is 4.00. The van der Waals surface area contributed by atoms with Crippen molar-refractivity contribution in [3.05, 3.63) is 60.0 Å². The lowest BCUT2D eigenvalue weighted by Gasteiger charge is -2.09. The first-order valence-corrected chi connectivity index (χ1v) is 8.16. The Kier molecular flexibility index (Phi) is 5.36. The second-order valence-electron chi connectivity index (χ2n) is 5.12. The molecule has 0 saturated carbocycles. The zero-order valence-electron chi connectivity index (χ0n) is 13.9. The average molecular weight is 357 g/mol. The molecule has 128 valence electrons. The summed E-state index contributed by atoms with van der Waals surface area (Å²) in [5.74, 6) is 2.07. The number of halogens is 1. The van der Waals surface area contributed by atoms with Crippen molar-refractivity contribution in [3.63, 3.8) is 0 Å². The minimum Gasteiger partial charge on any atom is -0.493 e. The Labute approximate surface area is 150 Å². The monoisotopic (exact) mass is 356 g/mol. The van der Waals surface area contributed by atoms with E-state index in [2.05, 4.69) is 10.1 Å². The molecule has 0 fully saturated rings. The first-order valence-electron chi connectivity index (χ1n) is 7.78. The smallest absolute Gasteiger partial charge is 0.269 e. The van der Waals surface area contributed by atoms with Crippen molar-refractivity contribution < 1.29 is 14.0 Å². The van der Waals surface area contributed by atoms with E-state index >= 15 is 0 Å². The average Bonchev–Trinajstić information content (AvgIpc) is 3.14. The summed E-state index contributed by atoms with van der Waals surface area (Å²) >= 11 is 6.33. The van der Waals surface area contributed by atoms with Crippen molar-refractivity contribution in [2.24, 2.45) is 0 Å². The van der Waals surface area contributed by atoms with Gasteiger partial charge >= 0.3 is 0 Å². The zero-order chi connectivity index (χ0) is 17.6. The highest BCUT2D eigenvalue weighted by Gasteiger charge is 2.12. The van der Waals surface area contributed by atoms with Crippen LogP contribution in [0.5, 0.6) is 11.5 Å². The predicted octanol–water partition coefficient (Wildman–Crippen LogP) is 4.88. The van der Waals surface area contributed by atoms with Gasteiger partial charge in [-0.2, -0.15) is 4.98 Å². The number of nitrogens with zero attached hydrogens (tertiary/aromatic N) is 2. The van der Waals surface area contributed by atoms with Crippen molar-refractivity contribution in [2.75, 3.05) is 13.7 Å². The molecule has 1 aromatic heterocycles. The first-order chi connectivity index (χ1) is 12.2. The maximum absolute atomic E-state index is 6.33. The van der Waals surface area contributed by atoms with E-state index in [9.17, 15) is 0 Å². The van der Waals surface area contributed by atoms with Crippen molar-refractivity contribution in [2.45, 2.75) is 6.92 Å². The van der Waals surface area contributed by atoms with Crippen LogP contribution in [0.15, 0.2) is 53.1 Å². The second-order valence-corrected chi connectivity index (χ2v) is 5.53. The fraction of sp³-hybridized carbons (Fsp3) is 0.158. The van der Waals surface area contributed by atoms with Crippen LogP contribution in [0.3, 0.4) is 0 Å². The maximum atomic E-state index is 6.33. The lowest BCUT2D eigenvalue weighted by atomic mass is 10.2. The maximum Gasteiger partial charge on any atom is 0.269 e. The molecule has 0 aliphatic rings. The van der Waals surface area contributed by atoms with Gasteiger partial charge in [0.15, 0.2) is 11.5 Å². The van der Waals surface area contributed by atoms with E-state index in [0.717, 1.165) is 11.1 Å². The first kappa shape index (κ1) is 17.0. The van der Waals surface area contributed by atoms with Crippen LogP contribution in [-0.4, -0.2) is 23.9 Å². The fourth-order valence-electron chi connectivity index (χ4n) is 2.28. The summed E-state index contributed by atoms with van der Waals surface area (Å²) in [5, 5.41) is 4.31. The normalized spacial score (nSPS) is 11.4. The van der Waals surface area contributed by atoms with Crippen LogP contribution in [-0.2, 0) is 0 Å². The van der Waals surface area contributed by atoms with E-state index in [-0.39, 0.29) is 5.89 Å². The zero-order valence-corrected chi connectivity index (χ0v) is 14.7. The number of hydrogen-bond donors (Lipinski definition) is 0. The van der Waals surface area contributed by atoms with E-state index in [1.54, 1.807) is 13.2 Å². The minimum atomic E-state index is 0.258.